The lowest BCUT2D eigenvalue weighted by atomic mass is 9.98. The molecule has 0 atom stereocenters. The van der Waals surface area contributed by atoms with E-state index in [9.17, 15) is 18.0 Å². The van der Waals surface area contributed by atoms with Gasteiger partial charge in [0.15, 0.2) is 5.75 Å². The number of carbonyl (C=O) groups excluding carboxylic acids is 1. The van der Waals surface area contributed by atoms with Crippen LogP contribution in [0.4, 0.5) is 0 Å². The highest BCUT2D eigenvalue weighted by Gasteiger charge is 2.34. The molecule has 0 spiro atoms. The molecule has 2 aromatic heterocycles. The van der Waals surface area contributed by atoms with E-state index < -0.39 is 15.9 Å². The van der Waals surface area contributed by atoms with Crippen LogP contribution in [0, 0.1) is 5.92 Å². The van der Waals surface area contributed by atoms with E-state index in [4.69, 9.17) is 9.72 Å². The van der Waals surface area contributed by atoms with Gasteiger partial charge in [0.05, 0.1) is 29.6 Å². The summed E-state index contributed by atoms with van der Waals surface area (Å²) in [6.45, 7) is 4.49. The molecule has 4 aromatic rings. The van der Waals surface area contributed by atoms with E-state index in [1.807, 2.05) is 31.2 Å². The average Bonchev–Trinajstić information content (AvgIpc) is 3.96. The molecule has 0 saturated heterocycles. The normalized spacial score (nSPS) is 14.7. The summed E-state index contributed by atoms with van der Waals surface area (Å²) in [5.41, 5.74) is 3.30. The van der Waals surface area contributed by atoms with Crippen molar-refractivity contribution in [1.82, 2.24) is 24.2 Å². The van der Waals surface area contributed by atoms with Gasteiger partial charge in [-0.25, -0.2) is 32.7 Å². The van der Waals surface area contributed by atoms with Gasteiger partial charge >= 0.3 is 0 Å². The Morgan fingerprint density at radius 3 is 2.36 bits per heavy atom. The van der Waals surface area contributed by atoms with E-state index in [-0.39, 0.29) is 28.2 Å². The number of hydrogen-bond donors (Lipinski definition) is 1. The Balaban J connectivity index is 1.34. The molecule has 2 aliphatic carbocycles. The molecular formula is C34H37N5O5S. The van der Waals surface area contributed by atoms with Gasteiger partial charge in [-0.2, -0.15) is 0 Å². The minimum atomic E-state index is -4.04. The minimum Gasteiger partial charge on any atom is -0.491 e. The monoisotopic (exact) mass is 627 g/mol. The largest absolute Gasteiger partial charge is 0.491 e. The van der Waals surface area contributed by atoms with Gasteiger partial charge in [0.2, 0.25) is 11.9 Å². The van der Waals surface area contributed by atoms with Gasteiger partial charge in [0, 0.05) is 29.4 Å². The topological polar surface area (TPSA) is 133 Å². The van der Waals surface area contributed by atoms with Gasteiger partial charge in [-0.3, -0.25) is 9.59 Å². The number of rotatable bonds is 13. The van der Waals surface area contributed by atoms with E-state index in [1.165, 1.54) is 6.07 Å². The summed E-state index contributed by atoms with van der Waals surface area (Å²) >= 11 is 0. The summed E-state index contributed by atoms with van der Waals surface area (Å²) in [5, 5.41) is 0. The predicted molar refractivity (Wildman–Crippen MR) is 170 cm³/mol. The fourth-order valence-electron chi connectivity index (χ4n) is 5.38. The number of sulfonamides is 1. The first-order valence-electron chi connectivity index (χ1n) is 15.6. The zero-order valence-electron chi connectivity index (χ0n) is 25.5. The maximum absolute atomic E-state index is 14.2. The van der Waals surface area contributed by atoms with E-state index in [1.54, 1.807) is 35.2 Å². The van der Waals surface area contributed by atoms with Gasteiger partial charge < -0.3 is 4.74 Å². The van der Waals surface area contributed by atoms with Gasteiger partial charge in [0.25, 0.3) is 15.6 Å². The average molecular weight is 628 g/mol. The Labute approximate surface area is 263 Å². The number of unbranched alkanes of at least 4 members (excludes halogenated alkanes) is 1. The number of amides is 1. The Kier molecular flexibility index (Phi) is 8.80. The number of hydrogen-bond acceptors (Lipinski definition) is 8. The molecule has 0 radical (unpaired) electrons. The number of aromatic nitrogens is 4. The summed E-state index contributed by atoms with van der Waals surface area (Å²) < 4.78 is 35.5. The maximum Gasteiger partial charge on any atom is 0.264 e. The number of ether oxygens (including phenoxy) is 1. The standard InChI is InChI=1S/C34H37N5O5S/c1-3-5-9-29-28(33(41)39(31(37-29)24-15-16-24)34-35-20-26(21-36-34)44-4-2)19-22-11-13-23(14-12-22)27-8-6-7-10-30(27)45(42,43)38-32(40)25-17-18-25/h6-8,10-14,20-21,24-25H,3-5,9,15-19H2,1-2H3,(H,38,40). The molecule has 2 fully saturated rings. The molecule has 2 saturated carbocycles. The number of nitrogens with zero attached hydrogens (tertiary/aromatic N) is 4. The van der Waals surface area contributed by atoms with Crippen LogP contribution in [0.3, 0.4) is 0 Å². The molecule has 2 heterocycles. The zero-order valence-corrected chi connectivity index (χ0v) is 26.3. The van der Waals surface area contributed by atoms with Gasteiger partial charge in [-0.05, 0) is 62.6 Å². The Hall–Kier alpha value is -4.38. The number of aryl methyl sites for hydroxylation is 1. The van der Waals surface area contributed by atoms with Crippen molar-refractivity contribution in [2.45, 2.75) is 76.0 Å². The first-order valence-corrected chi connectivity index (χ1v) is 17.1. The van der Waals surface area contributed by atoms with E-state index in [0.29, 0.717) is 60.6 Å². The summed E-state index contributed by atoms with van der Waals surface area (Å²) in [6.07, 6.45) is 9.45. The molecule has 1 amide bonds. The van der Waals surface area contributed by atoms with Crippen LogP contribution in [0.1, 0.15) is 80.9 Å². The molecule has 1 N–H and O–H groups in total. The summed E-state index contributed by atoms with van der Waals surface area (Å²) in [5.74, 6) is 1.04. The third-order valence-corrected chi connectivity index (χ3v) is 9.53. The Morgan fingerprint density at radius 2 is 1.71 bits per heavy atom. The van der Waals surface area contributed by atoms with Crippen molar-refractivity contribution in [3.63, 3.8) is 0 Å². The van der Waals surface area contributed by atoms with Crippen LogP contribution in [-0.2, 0) is 27.7 Å². The van der Waals surface area contributed by atoms with Crippen LogP contribution in [0.2, 0.25) is 0 Å². The Bertz CT molecular complexity index is 1860. The van der Waals surface area contributed by atoms with Crippen molar-refractivity contribution in [2.24, 2.45) is 5.92 Å². The molecule has 2 aliphatic rings. The molecule has 0 bridgehead atoms. The smallest absolute Gasteiger partial charge is 0.264 e. The lowest BCUT2D eigenvalue weighted by molar-refractivity contribution is -0.120. The van der Waals surface area contributed by atoms with Crippen molar-refractivity contribution in [3.05, 3.63) is 93.9 Å². The fraction of sp³-hybridized carbons (Fsp3) is 0.382. The van der Waals surface area contributed by atoms with Crippen LogP contribution in [-0.4, -0.2) is 40.5 Å². The predicted octanol–water partition coefficient (Wildman–Crippen LogP) is 5.11. The quantitative estimate of drug-likeness (QED) is 0.216. The molecule has 11 heteroatoms. The van der Waals surface area contributed by atoms with Crippen LogP contribution in [0.25, 0.3) is 17.1 Å². The third-order valence-electron chi connectivity index (χ3n) is 8.13. The molecular weight excluding hydrogens is 590 g/mol. The Morgan fingerprint density at radius 1 is 1.00 bits per heavy atom. The van der Waals surface area contributed by atoms with Crippen molar-refractivity contribution in [3.8, 4) is 22.8 Å². The zero-order chi connectivity index (χ0) is 31.6. The summed E-state index contributed by atoms with van der Waals surface area (Å²) in [6, 6.07) is 14.1. The van der Waals surface area contributed by atoms with E-state index in [2.05, 4.69) is 21.6 Å². The molecule has 0 aliphatic heterocycles. The van der Waals surface area contributed by atoms with Crippen molar-refractivity contribution >= 4 is 15.9 Å². The second-order valence-electron chi connectivity index (χ2n) is 11.7. The molecule has 234 valence electrons. The lowest BCUT2D eigenvalue weighted by Gasteiger charge is -2.17. The number of nitrogens with one attached hydrogen (secondary N) is 1. The molecule has 45 heavy (non-hydrogen) atoms. The van der Waals surface area contributed by atoms with Crippen LogP contribution in [0.15, 0.2) is 70.6 Å². The molecule has 0 unspecified atom stereocenters. The number of benzene rings is 2. The third kappa shape index (κ3) is 6.83. The lowest BCUT2D eigenvalue weighted by Crippen LogP contribution is -2.32. The highest BCUT2D eigenvalue weighted by molar-refractivity contribution is 7.90. The van der Waals surface area contributed by atoms with E-state index in [0.717, 1.165) is 36.9 Å². The van der Waals surface area contributed by atoms with Crippen molar-refractivity contribution in [2.75, 3.05) is 6.61 Å². The van der Waals surface area contributed by atoms with Gasteiger partial charge in [-0.15, -0.1) is 0 Å². The minimum absolute atomic E-state index is 0.0479. The maximum atomic E-state index is 14.2. The molecule has 10 nitrogen and oxygen atoms in total. The highest BCUT2D eigenvalue weighted by atomic mass is 32.2. The fourth-order valence-corrected chi connectivity index (χ4v) is 6.66. The summed E-state index contributed by atoms with van der Waals surface area (Å²) in [4.78, 5) is 40.5. The first kappa shape index (κ1) is 30.6. The summed E-state index contributed by atoms with van der Waals surface area (Å²) in [7, 11) is -4.04. The second-order valence-corrected chi connectivity index (χ2v) is 13.3. The van der Waals surface area contributed by atoms with Crippen LogP contribution in [0.5, 0.6) is 5.75 Å². The van der Waals surface area contributed by atoms with Gasteiger partial charge in [0.1, 0.15) is 5.82 Å². The number of carbonyl (C=O) groups is 1. The van der Waals surface area contributed by atoms with Crippen molar-refractivity contribution < 1.29 is 17.9 Å². The molecule has 6 rings (SSSR count). The first-order chi connectivity index (χ1) is 21.8. The van der Waals surface area contributed by atoms with Crippen LogP contribution < -0.4 is 15.0 Å². The van der Waals surface area contributed by atoms with Crippen LogP contribution >= 0.6 is 0 Å². The van der Waals surface area contributed by atoms with E-state index >= 15 is 0 Å². The highest BCUT2D eigenvalue weighted by Crippen LogP contribution is 2.39. The van der Waals surface area contributed by atoms with Gasteiger partial charge in [-0.1, -0.05) is 55.8 Å². The SMILES string of the molecule is CCCCc1nc(C2CC2)n(-c2ncc(OCC)cn2)c(=O)c1Cc1ccc(-c2ccccc2S(=O)(=O)NC(=O)C2CC2)cc1. The molecule has 2 aromatic carbocycles. The second kappa shape index (κ2) is 12.9. The van der Waals surface area contributed by atoms with Crippen molar-refractivity contribution in [1.29, 1.82) is 0 Å².